The maximum Gasteiger partial charge on any atom is 0.409 e. The van der Waals surface area contributed by atoms with Crippen molar-refractivity contribution in [1.29, 1.82) is 0 Å². The fourth-order valence-corrected chi connectivity index (χ4v) is 14.4. The average Bonchev–Trinajstić information content (AvgIpc) is 1.57. The van der Waals surface area contributed by atoms with Crippen LogP contribution in [0.15, 0.2) is 90.5 Å². The van der Waals surface area contributed by atoms with E-state index in [1.807, 2.05) is 56.4 Å². The largest absolute Gasteiger partial charge is 0.495 e. The van der Waals surface area contributed by atoms with E-state index in [1.165, 1.54) is 57.0 Å². The highest BCUT2D eigenvalue weighted by Crippen LogP contribution is 2.49. The molecule has 2 saturated heterocycles. The fourth-order valence-electron chi connectivity index (χ4n) is 14.1. The Morgan fingerprint density at radius 1 is 0.770 bits per heavy atom. The van der Waals surface area contributed by atoms with Crippen molar-refractivity contribution in [2.45, 2.75) is 173 Å². The number of nitrogens with zero attached hydrogens (tertiary/aromatic N) is 5. The third-order valence-corrected chi connectivity index (χ3v) is 22.1. The molecule has 4 bridgehead atoms. The predicted molar refractivity (Wildman–Crippen MR) is 466 cm³/mol. The highest BCUT2D eigenvalue weighted by Gasteiger charge is 2.64. The van der Waals surface area contributed by atoms with E-state index in [9.17, 15) is 57.8 Å². The molecule has 3 aliphatic heterocycles. The van der Waals surface area contributed by atoms with E-state index < -0.39 is 126 Å². The number of primary amides is 1. The summed E-state index contributed by atoms with van der Waals surface area (Å²) in [5, 5.41) is 33.9. The second-order valence-corrected chi connectivity index (χ2v) is 32.1. The minimum absolute atomic E-state index is 0.0401. The number of alkyl carbamates (subject to hydrolysis) is 1. The van der Waals surface area contributed by atoms with Crippen LogP contribution in [0.4, 0.5) is 25.8 Å². The molecule has 10 atom stereocenters. The van der Waals surface area contributed by atoms with Crippen molar-refractivity contribution in [3.05, 3.63) is 112 Å². The van der Waals surface area contributed by atoms with Crippen LogP contribution in [0.25, 0.3) is 10.9 Å². The number of epoxide rings is 1. The van der Waals surface area contributed by atoms with Gasteiger partial charge in [0, 0.05) is 110 Å². The van der Waals surface area contributed by atoms with E-state index in [2.05, 4.69) is 53.3 Å². The lowest BCUT2D eigenvalue weighted by Crippen LogP contribution is -2.63. The smallest absolute Gasteiger partial charge is 0.409 e. The van der Waals surface area contributed by atoms with Gasteiger partial charge in [-0.25, -0.2) is 24.2 Å². The van der Waals surface area contributed by atoms with E-state index in [4.69, 9.17) is 74.2 Å². The number of methoxy groups -OCH3 is 2. The standard InChI is InChI=1S/C87H129ClN14O24/c1-56(2)78(96-73(104)30-35-117-37-39-119-41-43-121-45-46-122-44-42-120-40-38-118-36-32-91-74(105)53-93-72(103)29-34-102-64(54-99(9)90-7)50-62-20-14-15-22-66(62)102)81(109)95-65(21-17-31-92-83(89)111)80(108)94-63-27-25-60(26-28-63)55-123-85(113)98(8)33-18-24-75(106)100(10)59(5)82(110)125-71-51-76(107)101(11)67-48-61(49-68(115-12)77(67)88)47-57(3)19-16-23-70(116-13)87(114)52-69(124-84(112)97-87)58(4)79-86(71,6)126-79/h14-16,19-20,22-23,25-28,48-50,56,58-59,65,69-71,78-79,90,114H,17-18,21,24,29-47,51-55H2,1-13H3,(H,91,105)(H,93,103)(H,94,108)(H,95,109)(H,96,104)(H,97,112)(H3,89,92,111)/b23-16+,57-19+/t58-,59+,65+,69+,70-,71+,78+,79?,86+,87+/m1/s1. The lowest BCUT2D eigenvalue weighted by atomic mass is 9.83. The number of rotatable bonds is 50. The molecule has 1 aromatic heterocycles. The zero-order valence-corrected chi connectivity index (χ0v) is 75.4. The van der Waals surface area contributed by atoms with E-state index in [0.717, 1.165) is 27.7 Å². The van der Waals surface area contributed by atoms with Crippen molar-refractivity contribution in [3.63, 3.8) is 0 Å². The number of aromatic nitrogens is 1. The van der Waals surface area contributed by atoms with Crippen LogP contribution in [0.5, 0.6) is 5.75 Å². The molecule has 0 radical (unpaired) electrons. The predicted octanol–water partition coefficient (Wildman–Crippen LogP) is 4.91. The summed E-state index contributed by atoms with van der Waals surface area (Å²) in [6.45, 7) is 15.0. The summed E-state index contributed by atoms with van der Waals surface area (Å²) in [6.07, 6.45) is -0.0578. The number of aryl methyl sites for hydroxylation is 1. The lowest BCUT2D eigenvalue weighted by Gasteiger charge is -2.42. The molecular weight excluding hydrogens is 1660 g/mol. The van der Waals surface area contributed by atoms with Gasteiger partial charge in [-0.1, -0.05) is 86.5 Å². The van der Waals surface area contributed by atoms with Crippen LogP contribution in [0, 0.1) is 11.8 Å². The van der Waals surface area contributed by atoms with Gasteiger partial charge < -0.3 is 119 Å². The Morgan fingerprint density at radius 3 is 2.06 bits per heavy atom. The molecular formula is C87H129ClN14O24. The minimum atomic E-state index is -1.91. The highest BCUT2D eigenvalue weighted by molar-refractivity contribution is 6.35. The maximum absolute atomic E-state index is 14.5. The summed E-state index contributed by atoms with van der Waals surface area (Å²) in [7, 11) is 11.1. The topological polar surface area (TPSA) is 462 Å². The first kappa shape index (κ1) is 103. The molecule has 1 unspecified atom stereocenters. The molecule has 2 fully saturated rings. The number of hydrogen-bond acceptors (Lipinski definition) is 26. The number of likely N-dealkylation sites (N-methyl/N-ethyl adjacent to an activating group) is 1. The van der Waals surface area contributed by atoms with Gasteiger partial charge in [-0.15, -0.1) is 0 Å². The van der Waals surface area contributed by atoms with Crippen molar-refractivity contribution in [3.8, 4) is 5.75 Å². The summed E-state index contributed by atoms with van der Waals surface area (Å²) in [6, 6.07) is 15.9. The molecule has 38 nitrogen and oxygen atoms in total. The van der Waals surface area contributed by atoms with Crippen molar-refractivity contribution >= 4 is 99.4 Å². The van der Waals surface area contributed by atoms with E-state index in [0.29, 0.717) is 95.1 Å². The molecule has 3 aromatic carbocycles. The second kappa shape index (κ2) is 52.3. The summed E-state index contributed by atoms with van der Waals surface area (Å²) >= 11 is 6.86. The van der Waals surface area contributed by atoms with E-state index in [1.54, 1.807) is 76.2 Å². The third kappa shape index (κ3) is 33.0. The SMILES string of the molecule is CNN(C)Cc1cc2ccccc2n1CCC(=O)NCC(=O)NCCOCCOCCOCCOCCOCCOCCC(=O)N[C@H](C(=O)N[C@@H](CCCNC(N)=O)C(=O)Nc1ccc(COC(=O)N(C)CCCC(=O)N(C)[C@@H](C)C(=O)O[C@H]2CC(=O)N(C)c3cc(cc(OC)c3Cl)C/C(C)=C/C=C/[C@@H](OC)[C@@]3(O)C[C@H](OC(=O)N3)[C@@H](C)C3O[C@]32C)cc1)C(C)C. The Hall–Kier alpha value is -10.1. The van der Waals surface area contributed by atoms with Crippen LogP contribution in [0.1, 0.15) is 110 Å². The maximum atomic E-state index is 14.5. The van der Waals surface area contributed by atoms with Gasteiger partial charge in [0.25, 0.3) is 0 Å². The Bertz CT molecular complexity index is 4310. The number of hydrazine groups is 1. The molecule has 126 heavy (non-hydrogen) atoms. The van der Waals surface area contributed by atoms with Crippen molar-refractivity contribution in [2.24, 2.45) is 17.6 Å². The van der Waals surface area contributed by atoms with Crippen molar-refractivity contribution in [2.75, 3.05) is 165 Å². The van der Waals surface area contributed by atoms with E-state index in [-0.39, 0.29) is 121 Å². The second-order valence-electron chi connectivity index (χ2n) is 31.7. The van der Waals surface area contributed by atoms with Crippen LogP contribution < -0.4 is 58.0 Å². The number of halogens is 1. The number of carbonyl (C=O) groups excluding carboxylic acids is 11. The Kier molecular flexibility index (Phi) is 42.7. The number of benzene rings is 3. The van der Waals surface area contributed by atoms with Gasteiger partial charge in [-0.2, -0.15) is 0 Å². The number of urea groups is 1. The Morgan fingerprint density at radius 2 is 1.42 bits per heavy atom. The van der Waals surface area contributed by atoms with Gasteiger partial charge >= 0.3 is 24.2 Å². The number of aliphatic hydroxyl groups is 1. The number of amides is 11. The van der Waals surface area contributed by atoms with Gasteiger partial charge in [0.2, 0.25) is 41.4 Å². The van der Waals surface area contributed by atoms with Gasteiger partial charge in [-0.05, 0) is 112 Å². The van der Waals surface area contributed by atoms with Crippen molar-refractivity contribution in [1.82, 2.24) is 56.7 Å². The number of nitrogens with one attached hydrogen (secondary N) is 8. The number of nitrogens with two attached hydrogens (primary N) is 1. The first-order chi connectivity index (χ1) is 60.2. The molecule has 0 saturated carbocycles. The van der Waals surface area contributed by atoms with Crippen LogP contribution in [0.2, 0.25) is 5.02 Å². The number of hydrogen-bond donors (Lipinski definition) is 10. The number of carbonyl (C=O) groups is 11. The number of ether oxygens (including phenoxy) is 12. The van der Waals surface area contributed by atoms with Gasteiger partial charge in [-0.3, -0.25) is 44.3 Å². The summed E-state index contributed by atoms with van der Waals surface area (Å²) in [5.74, 6) is -4.76. The minimum Gasteiger partial charge on any atom is -0.495 e. The summed E-state index contributed by atoms with van der Waals surface area (Å²) < 4.78 is 70.6. The molecule has 11 N–H and O–H groups in total. The molecule has 3 aliphatic rings. The zero-order chi connectivity index (χ0) is 92.0. The lowest BCUT2D eigenvalue weighted by molar-refractivity contribution is -0.162. The third-order valence-electron chi connectivity index (χ3n) is 21.8. The molecule has 698 valence electrons. The van der Waals surface area contributed by atoms with Gasteiger partial charge in [0.05, 0.1) is 118 Å². The Balaban J connectivity index is 0.748. The quantitative estimate of drug-likeness (QED) is 0.00923. The van der Waals surface area contributed by atoms with Crippen LogP contribution >= 0.6 is 11.6 Å². The van der Waals surface area contributed by atoms with Gasteiger partial charge in [0.1, 0.15) is 59.4 Å². The first-order valence-corrected chi connectivity index (χ1v) is 42.8. The first-order valence-electron chi connectivity index (χ1n) is 42.4. The molecule has 7 rings (SSSR count). The normalized spacial score (nSPS) is 20.2. The molecule has 39 heteroatoms. The number of fused-ring (bicyclic) bond motifs is 6. The number of allylic oxidation sites excluding steroid dienone is 3. The molecule has 4 heterocycles. The number of anilines is 2. The molecule has 4 aromatic rings. The Labute approximate surface area is 741 Å². The monoisotopic (exact) mass is 1790 g/mol. The van der Waals surface area contributed by atoms with E-state index >= 15 is 0 Å². The van der Waals surface area contributed by atoms with Crippen LogP contribution in [0.3, 0.4) is 0 Å². The fraction of sp³-hybridized carbons (Fsp3) is 0.598. The number of esters is 1. The van der Waals surface area contributed by atoms with Gasteiger partial charge in [0.15, 0.2) is 5.72 Å². The van der Waals surface area contributed by atoms with Crippen molar-refractivity contribution < 1.29 is 115 Å². The summed E-state index contributed by atoms with van der Waals surface area (Å²) in [4.78, 5) is 150. The zero-order valence-electron chi connectivity index (χ0n) is 74.6. The highest BCUT2D eigenvalue weighted by atomic mass is 35.5. The molecule has 0 spiro atoms. The molecule has 11 amide bonds. The number of para-hydroxylation sites is 1. The average molecular weight is 1790 g/mol. The molecule has 0 aliphatic carbocycles. The van der Waals surface area contributed by atoms with Crippen LogP contribution in [-0.4, -0.2) is 299 Å². The summed E-state index contributed by atoms with van der Waals surface area (Å²) in [5.41, 5.74) is 10.1. The van der Waals surface area contributed by atoms with Crippen LogP contribution in [-0.2, 0) is 117 Å².